The first-order chi connectivity index (χ1) is 12.6. The number of methoxy groups -OCH3 is 2. The minimum absolute atomic E-state index is 0.194. The zero-order valence-corrected chi connectivity index (χ0v) is 15.0. The van der Waals surface area contributed by atoms with Crippen molar-refractivity contribution in [3.63, 3.8) is 0 Å². The molecule has 134 valence electrons. The Kier molecular flexibility index (Phi) is 5.22. The summed E-state index contributed by atoms with van der Waals surface area (Å²) in [5.74, 6) is 1.30. The summed E-state index contributed by atoms with van der Waals surface area (Å²) >= 11 is 0. The Morgan fingerprint density at radius 1 is 1.08 bits per heavy atom. The number of carbonyl (C=O) groups excluding carboxylic acids is 1. The van der Waals surface area contributed by atoms with Crippen LogP contribution in [-0.4, -0.2) is 29.9 Å². The van der Waals surface area contributed by atoms with Crippen LogP contribution < -0.4 is 14.8 Å². The minimum atomic E-state index is -0.194. The molecule has 26 heavy (non-hydrogen) atoms. The molecule has 3 aromatic rings. The van der Waals surface area contributed by atoms with Gasteiger partial charge in [-0.25, -0.2) is 0 Å². The standard InChI is InChI=1S/C20H21N3O3/c1-23-18(12-17(22-23)14-8-6-9-16(11-14)25-2)20(24)21-13-15-7-4-5-10-19(15)26-3/h4-12H,13H2,1-3H3,(H,21,24). The summed E-state index contributed by atoms with van der Waals surface area (Å²) in [6.07, 6.45) is 0. The van der Waals surface area contributed by atoms with Crippen LogP contribution in [0.4, 0.5) is 0 Å². The number of ether oxygens (including phenoxy) is 2. The molecule has 0 bridgehead atoms. The molecule has 6 nitrogen and oxygen atoms in total. The Labute approximate surface area is 152 Å². The van der Waals surface area contributed by atoms with E-state index in [9.17, 15) is 4.79 Å². The lowest BCUT2D eigenvalue weighted by atomic mass is 10.1. The molecule has 0 unspecified atom stereocenters. The number of para-hydroxylation sites is 1. The molecule has 0 atom stereocenters. The van der Waals surface area contributed by atoms with Crippen molar-refractivity contribution in [2.45, 2.75) is 6.54 Å². The van der Waals surface area contributed by atoms with Gasteiger partial charge in [0.25, 0.3) is 5.91 Å². The van der Waals surface area contributed by atoms with Gasteiger partial charge in [0.15, 0.2) is 0 Å². The monoisotopic (exact) mass is 351 g/mol. The Morgan fingerprint density at radius 3 is 2.65 bits per heavy atom. The summed E-state index contributed by atoms with van der Waals surface area (Å²) in [4.78, 5) is 12.6. The van der Waals surface area contributed by atoms with E-state index in [1.54, 1.807) is 32.0 Å². The predicted octanol–water partition coefficient (Wildman–Crippen LogP) is 3.03. The van der Waals surface area contributed by atoms with Gasteiger partial charge in [0.05, 0.1) is 19.9 Å². The van der Waals surface area contributed by atoms with Gasteiger partial charge < -0.3 is 14.8 Å². The summed E-state index contributed by atoms with van der Waals surface area (Å²) < 4.78 is 12.1. The Hall–Kier alpha value is -3.28. The van der Waals surface area contributed by atoms with E-state index in [4.69, 9.17) is 9.47 Å². The molecular weight excluding hydrogens is 330 g/mol. The van der Waals surface area contributed by atoms with Crippen molar-refractivity contribution in [2.75, 3.05) is 14.2 Å². The predicted molar refractivity (Wildman–Crippen MR) is 99.4 cm³/mol. The molecule has 0 saturated carbocycles. The number of rotatable bonds is 6. The van der Waals surface area contributed by atoms with E-state index in [0.29, 0.717) is 17.9 Å². The van der Waals surface area contributed by atoms with Gasteiger partial charge in [0.2, 0.25) is 0 Å². The number of aromatic nitrogens is 2. The van der Waals surface area contributed by atoms with Gasteiger partial charge in [-0.05, 0) is 24.3 Å². The molecule has 0 saturated heterocycles. The molecule has 1 aromatic heterocycles. The molecule has 1 N–H and O–H groups in total. The van der Waals surface area contributed by atoms with Crippen molar-refractivity contribution in [1.29, 1.82) is 0 Å². The Bertz CT molecular complexity index is 918. The molecule has 1 heterocycles. The lowest BCUT2D eigenvalue weighted by Gasteiger charge is -2.09. The molecular formula is C20H21N3O3. The fourth-order valence-electron chi connectivity index (χ4n) is 2.72. The number of aryl methyl sites for hydroxylation is 1. The first-order valence-corrected chi connectivity index (χ1v) is 8.21. The number of nitrogens with one attached hydrogen (secondary N) is 1. The third kappa shape index (κ3) is 3.69. The van der Waals surface area contributed by atoms with Crippen LogP contribution in [0, 0.1) is 0 Å². The van der Waals surface area contributed by atoms with Crippen LogP contribution in [0.25, 0.3) is 11.3 Å². The second kappa shape index (κ2) is 7.74. The van der Waals surface area contributed by atoms with Crippen molar-refractivity contribution in [3.05, 3.63) is 65.9 Å². The van der Waals surface area contributed by atoms with E-state index >= 15 is 0 Å². The molecule has 0 aliphatic rings. The van der Waals surface area contributed by atoms with Crippen molar-refractivity contribution >= 4 is 5.91 Å². The van der Waals surface area contributed by atoms with Crippen LogP contribution in [0.2, 0.25) is 0 Å². The van der Waals surface area contributed by atoms with Crippen molar-refractivity contribution < 1.29 is 14.3 Å². The maximum atomic E-state index is 12.6. The van der Waals surface area contributed by atoms with Gasteiger partial charge in [-0.15, -0.1) is 0 Å². The molecule has 0 spiro atoms. The minimum Gasteiger partial charge on any atom is -0.497 e. The van der Waals surface area contributed by atoms with Crippen molar-refractivity contribution in [3.8, 4) is 22.8 Å². The van der Waals surface area contributed by atoms with Crippen LogP contribution in [0.1, 0.15) is 16.1 Å². The highest BCUT2D eigenvalue weighted by atomic mass is 16.5. The van der Waals surface area contributed by atoms with Crippen LogP contribution in [0.5, 0.6) is 11.5 Å². The van der Waals surface area contributed by atoms with E-state index in [0.717, 1.165) is 22.6 Å². The second-order valence-corrected chi connectivity index (χ2v) is 5.76. The average molecular weight is 351 g/mol. The second-order valence-electron chi connectivity index (χ2n) is 5.76. The highest BCUT2D eigenvalue weighted by molar-refractivity contribution is 5.93. The molecule has 0 aliphatic heterocycles. The summed E-state index contributed by atoms with van der Waals surface area (Å²) in [6.45, 7) is 0.377. The zero-order valence-electron chi connectivity index (χ0n) is 15.0. The quantitative estimate of drug-likeness (QED) is 0.741. The molecule has 1 amide bonds. The largest absolute Gasteiger partial charge is 0.497 e. The molecule has 2 aromatic carbocycles. The van der Waals surface area contributed by atoms with Crippen LogP contribution >= 0.6 is 0 Å². The van der Waals surface area contributed by atoms with E-state index in [1.165, 1.54) is 0 Å². The SMILES string of the molecule is COc1cccc(-c2cc(C(=O)NCc3ccccc3OC)n(C)n2)c1. The van der Waals surface area contributed by atoms with Crippen LogP contribution in [-0.2, 0) is 13.6 Å². The molecule has 6 heteroatoms. The molecule has 0 fully saturated rings. The Morgan fingerprint density at radius 2 is 1.88 bits per heavy atom. The number of amides is 1. The summed E-state index contributed by atoms with van der Waals surface area (Å²) in [7, 11) is 4.98. The highest BCUT2D eigenvalue weighted by Gasteiger charge is 2.15. The van der Waals surface area contributed by atoms with E-state index in [-0.39, 0.29) is 5.91 Å². The van der Waals surface area contributed by atoms with Gasteiger partial charge in [-0.1, -0.05) is 30.3 Å². The normalized spacial score (nSPS) is 10.4. The summed E-state index contributed by atoms with van der Waals surface area (Å²) in [6, 6.07) is 16.9. The van der Waals surface area contributed by atoms with E-state index in [1.807, 2.05) is 48.5 Å². The number of hydrogen-bond acceptors (Lipinski definition) is 4. The Balaban J connectivity index is 1.77. The smallest absolute Gasteiger partial charge is 0.269 e. The third-order valence-electron chi connectivity index (χ3n) is 4.11. The maximum absolute atomic E-state index is 12.6. The van der Waals surface area contributed by atoms with Crippen molar-refractivity contribution in [2.24, 2.45) is 7.05 Å². The van der Waals surface area contributed by atoms with Crippen LogP contribution in [0.15, 0.2) is 54.6 Å². The molecule has 0 aliphatic carbocycles. The van der Waals surface area contributed by atoms with E-state index < -0.39 is 0 Å². The molecule has 0 radical (unpaired) electrons. The fraction of sp³-hybridized carbons (Fsp3) is 0.200. The average Bonchev–Trinajstić information content (AvgIpc) is 3.08. The highest BCUT2D eigenvalue weighted by Crippen LogP contribution is 2.23. The number of nitrogens with zero attached hydrogens (tertiary/aromatic N) is 2. The van der Waals surface area contributed by atoms with Gasteiger partial charge in [-0.3, -0.25) is 9.48 Å². The number of hydrogen-bond donors (Lipinski definition) is 1. The summed E-state index contributed by atoms with van der Waals surface area (Å²) in [5.41, 5.74) is 3.01. The lowest BCUT2D eigenvalue weighted by Crippen LogP contribution is -2.25. The van der Waals surface area contributed by atoms with Gasteiger partial charge in [0, 0.05) is 24.7 Å². The first-order valence-electron chi connectivity index (χ1n) is 8.21. The summed E-state index contributed by atoms with van der Waals surface area (Å²) in [5, 5.41) is 7.36. The molecule has 3 rings (SSSR count). The van der Waals surface area contributed by atoms with Gasteiger partial charge in [0.1, 0.15) is 17.2 Å². The fourth-order valence-corrected chi connectivity index (χ4v) is 2.72. The topological polar surface area (TPSA) is 65.4 Å². The first kappa shape index (κ1) is 17.5. The van der Waals surface area contributed by atoms with Crippen molar-refractivity contribution in [1.82, 2.24) is 15.1 Å². The lowest BCUT2D eigenvalue weighted by molar-refractivity contribution is 0.0941. The third-order valence-corrected chi connectivity index (χ3v) is 4.11. The van der Waals surface area contributed by atoms with Gasteiger partial charge >= 0.3 is 0 Å². The van der Waals surface area contributed by atoms with Crippen LogP contribution in [0.3, 0.4) is 0 Å². The maximum Gasteiger partial charge on any atom is 0.269 e. The number of carbonyl (C=O) groups is 1. The van der Waals surface area contributed by atoms with Gasteiger partial charge in [-0.2, -0.15) is 5.10 Å². The zero-order chi connectivity index (χ0) is 18.5. The van der Waals surface area contributed by atoms with E-state index in [2.05, 4.69) is 10.4 Å². The number of benzene rings is 2.